The maximum absolute atomic E-state index is 12.1. The lowest BCUT2D eigenvalue weighted by Gasteiger charge is -2.13. The highest BCUT2D eigenvalue weighted by Crippen LogP contribution is 2.07. The van der Waals surface area contributed by atoms with Gasteiger partial charge in [0.1, 0.15) is 0 Å². The Hall–Kier alpha value is -1.68. The van der Waals surface area contributed by atoms with Crippen molar-refractivity contribution in [3.8, 4) is 0 Å². The monoisotopic (exact) mass is 398 g/mol. The quantitative estimate of drug-likeness (QED) is 0.285. The fraction of sp³-hybridized carbons (Fsp3) is 0.611. The molecule has 152 valence electrons. The first kappa shape index (κ1) is 21.6. The summed E-state index contributed by atoms with van der Waals surface area (Å²) in [5.74, 6) is 0.558. The van der Waals surface area contributed by atoms with Crippen molar-refractivity contribution in [1.82, 2.24) is 15.4 Å². The Balaban J connectivity index is 1.56. The molecule has 1 fully saturated rings. The third kappa shape index (κ3) is 9.18. The van der Waals surface area contributed by atoms with Gasteiger partial charge in [0.05, 0.1) is 18.5 Å². The molecule has 1 aliphatic heterocycles. The van der Waals surface area contributed by atoms with Crippen LogP contribution in [0.5, 0.6) is 0 Å². The van der Waals surface area contributed by atoms with Crippen molar-refractivity contribution in [2.24, 2.45) is 4.99 Å². The Morgan fingerprint density at radius 2 is 2.04 bits per heavy atom. The van der Waals surface area contributed by atoms with Crippen LogP contribution in [0.3, 0.4) is 0 Å². The third-order valence-electron chi connectivity index (χ3n) is 4.08. The smallest absolute Gasteiger partial charge is 0.213 e. The molecule has 0 aromatic heterocycles. The van der Waals surface area contributed by atoms with Crippen molar-refractivity contribution in [3.63, 3.8) is 0 Å². The molecule has 0 amide bonds. The zero-order chi connectivity index (χ0) is 19.4. The van der Waals surface area contributed by atoms with Gasteiger partial charge in [0.25, 0.3) is 0 Å². The molecule has 27 heavy (non-hydrogen) atoms. The van der Waals surface area contributed by atoms with Crippen molar-refractivity contribution in [3.05, 3.63) is 35.9 Å². The molecule has 0 radical (unpaired) electrons. The Bertz CT molecular complexity index is 661. The minimum atomic E-state index is -3.35. The van der Waals surface area contributed by atoms with E-state index < -0.39 is 10.0 Å². The lowest BCUT2D eigenvalue weighted by molar-refractivity contribution is 0.0420. The molecule has 0 saturated carbocycles. The summed E-state index contributed by atoms with van der Waals surface area (Å²) < 4.78 is 37.7. The van der Waals surface area contributed by atoms with E-state index in [4.69, 9.17) is 9.47 Å². The van der Waals surface area contributed by atoms with Crippen molar-refractivity contribution >= 4 is 16.0 Å². The van der Waals surface area contributed by atoms with E-state index in [0.29, 0.717) is 32.3 Å². The average Bonchev–Trinajstić information content (AvgIpc) is 3.19. The fourth-order valence-electron chi connectivity index (χ4n) is 2.56. The first-order valence-corrected chi connectivity index (χ1v) is 10.9. The van der Waals surface area contributed by atoms with Crippen molar-refractivity contribution in [1.29, 1.82) is 0 Å². The third-order valence-corrected chi connectivity index (χ3v) is 5.41. The molecule has 1 heterocycles. The van der Waals surface area contributed by atoms with E-state index in [9.17, 15) is 8.42 Å². The molecule has 3 N–H and O–H groups in total. The highest BCUT2D eigenvalue weighted by molar-refractivity contribution is 7.89. The molecular weight excluding hydrogens is 368 g/mol. The number of benzene rings is 1. The van der Waals surface area contributed by atoms with Gasteiger partial charge >= 0.3 is 0 Å². The van der Waals surface area contributed by atoms with E-state index in [1.807, 2.05) is 30.3 Å². The van der Waals surface area contributed by atoms with Gasteiger partial charge in [-0.05, 0) is 18.4 Å². The van der Waals surface area contributed by atoms with Crippen LogP contribution in [0.2, 0.25) is 0 Å². The normalized spacial score (nSPS) is 17.8. The van der Waals surface area contributed by atoms with Crippen molar-refractivity contribution < 1.29 is 17.9 Å². The highest BCUT2D eigenvalue weighted by Gasteiger charge is 2.15. The van der Waals surface area contributed by atoms with Crippen LogP contribution in [0.15, 0.2) is 35.3 Å². The minimum Gasteiger partial charge on any atom is -0.379 e. The number of nitrogens with zero attached hydrogens (tertiary/aromatic N) is 1. The number of nitrogens with one attached hydrogen (secondary N) is 3. The fourth-order valence-corrected chi connectivity index (χ4v) is 3.46. The van der Waals surface area contributed by atoms with Gasteiger partial charge in [0.2, 0.25) is 10.0 Å². The van der Waals surface area contributed by atoms with Crippen molar-refractivity contribution in [2.45, 2.75) is 25.5 Å². The Labute approximate surface area is 161 Å². The Morgan fingerprint density at radius 3 is 2.74 bits per heavy atom. The molecular formula is C18H30N4O4S. The minimum absolute atomic E-state index is 0.0225. The van der Waals surface area contributed by atoms with Gasteiger partial charge in [-0.3, -0.25) is 4.99 Å². The van der Waals surface area contributed by atoms with Crippen LogP contribution in [-0.2, 0) is 26.0 Å². The van der Waals surface area contributed by atoms with Crippen molar-refractivity contribution in [2.75, 3.05) is 45.7 Å². The molecule has 2 rings (SSSR count). The summed E-state index contributed by atoms with van der Waals surface area (Å²) in [6.45, 7) is 3.40. The lowest BCUT2D eigenvalue weighted by Crippen LogP contribution is -2.41. The first-order valence-electron chi connectivity index (χ1n) is 9.24. The van der Waals surface area contributed by atoms with Gasteiger partial charge in [-0.25, -0.2) is 13.1 Å². The summed E-state index contributed by atoms with van der Waals surface area (Å²) in [6.07, 6.45) is 2.02. The second-order valence-corrected chi connectivity index (χ2v) is 8.19. The summed E-state index contributed by atoms with van der Waals surface area (Å²) in [5, 5.41) is 6.17. The van der Waals surface area contributed by atoms with Crippen LogP contribution in [0.4, 0.5) is 0 Å². The highest BCUT2D eigenvalue weighted by atomic mass is 32.2. The molecule has 1 aromatic rings. The molecule has 1 atom stereocenters. The Morgan fingerprint density at radius 1 is 1.26 bits per heavy atom. The number of sulfonamides is 1. The number of aliphatic imine (C=N–C) groups is 1. The van der Waals surface area contributed by atoms with Crippen LogP contribution in [-0.4, -0.2) is 66.2 Å². The van der Waals surface area contributed by atoms with E-state index >= 15 is 0 Å². The number of guanidine groups is 1. The van der Waals surface area contributed by atoms with Gasteiger partial charge in [-0.2, -0.15) is 0 Å². The van der Waals surface area contributed by atoms with Crippen LogP contribution in [0.25, 0.3) is 0 Å². The summed E-state index contributed by atoms with van der Waals surface area (Å²) in [4.78, 5) is 4.09. The summed E-state index contributed by atoms with van der Waals surface area (Å²) in [6, 6.07) is 9.43. The predicted molar refractivity (Wildman–Crippen MR) is 106 cm³/mol. The zero-order valence-electron chi connectivity index (χ0n) is 15.8. The van der Waals surface area contributed by atoms with E-state index in [1.54, 1.807) is 7.05 Å². The molecule has 8 nitrogen and oxygen atoms in total. The SMILES string of the molecule is CN=C(NCCCOC1CCOC1)NCCS(=O)(=O)NCc1ccccc1. The first-order chi connectivity index (χ1) is 13.1. The molecule has 1 aliphatic rings. The topological polar surface area (TPSA) is 101 Å². The van der Waals surface area contributed by atoms with E-state index in [2.05, 4.69) is 20.3 Å². The van der Waals surface area contributed by atoms with E-state index in [0.717, 1.165) is 25.0 Å². The summed E-state index contributed by atoms with van der Waals surface area (Å²) in [5.41, 5.74) is 0.929. The van der Waals surface area contributed by atoms with Gasteiger partial charge in [0, 0.05) is 39.9 Å². The lowest BCUT2D eigenvalue weighted by atomic mass is 10.2. The van der Waals surface area contributed by atoms with Crippen LogP contribution < -0.4 is 15.4 Å². The van der Waals surface area contributed by atoms with E-state index in [1.165, 1.54) is 0 Å². The van der Waals surface area contributed by atoms with Gasteiger partial charge in [-0.1, -0.05) is 30.3 Å². The van der Waals surface area contributed by atoms with E-state index in [-0.39, 0.29) is 18.4 Å². The molecule has 1 saturated heterocycles. The standard InChI is InChI=1S/C18H30N4O4S/c1-19-18(20-9-5-11-26-17-8-12-25-15-17)21-10-13-27(23,24)22-14-16-6-3-2-4-7-16/h2-4,6-7,17,22H,5,8-15H2,1H3,(H2,19,20,21). The average molecular weight is 399 g/mol. The number of hydrogen-bond donors (Lipinski definition) is 3. The number of ether oxygens (including phenoxy) is 2. The Kier molecular flexibility index (Phi) is 9.54. The predicted octanol–water partition coefficient (Wildman–Crippen LogP) is 0.467. The maximum Gasteiger partial charge on any atom is 0.213 e. The second-order valence-electron chi connectivity index (χ2n) is 6.26. The zero-order valence-corrected chi connectivity index (χ0v) is 16.6. The number of hydrogen-bond acceptors (Lipinski definition) is 5. The molecule has 1 aromatic carbocycles. The second kappa shape index (κ2) is 11.9. The number of rotatable bonds is 11. The van der Waals surface area contributed by atoms with Gasteiger partial charge in [0.15, 0.2) is 5.96 Å². The molecule has 9 heteroatoms. The summed E-state index contributed by atoms with van der Waals surface area (Å²) in [7, 11) is -1.69. The van der Waals surface area contributed by atoms with Crippen LogP contribution in [0.1, 0.15) is 18.4 Å². The van der Waals surface area contributed by atoms with Gasteiger partial charge < -0.3 is 20.1 Å². The van der Waals surface area contributed by atoms with Crippen LogP contribution in [0, 0.1) is 0 Å². The summed E-state index contributed by atoms with van der Waals surface area (Å²) >= 11 is 0. The largest absolute Gasteiger partial charge is 0.379 e. The van der Waals surface area contributed by atoms with Gasteiger partial charge in [-0.15, -0.1) is 0 Å². The molecule has 0 aliphatic carbocycles. The maximum atomic E-state index is 12.1. The molecule has 0 spiro atoms. The van der Waals surface area contributed by atoms with Crippen LogP contribution >= 0.6 is 0 Å². The molecule has 0 bridgehead atoms. The molecule has 1 unspecified atom stereocenters.